The molecular weight excluding hydrogens is 424 g/mol. The zero-order valence-electron chi connectivity index (χ0n) is 20.3. The number of anilines is 1. The average Bonchev–Trinajstić information content (AvgIpc) is 2.79. The van der Waals surface area contributed by atoms with Crippen LogP contribution in [0.1, 0.15) is 36.0 Å². The molecule has 1 aliphatic heterocycles. The minimum absolute atomic E-state index is 0.0615. The van der Waals surface area contributed by atoms with E-state index in [1.54, 1.807) is 24.3 Å². The van der Waals surface area contributed by atoms with E-state index in [1.165, 1.54) is 0 Å². The third-order valence-corrected chi connectivity index (χ3v) is 6.02. The SMILES string of the molecule is C=CCc1c(O)c(NC(=O)CN(CC=C)CC=C)c2c(c1CC=C)OC(CC=C)(CC=C)CC2. The summed E-state index contributed by atoms with van der Waals surface area (Å²) in [6.45, 7) is 24.3. The smallest absolute Gasteiger partial charge is 0.238 e. The van der Waals surface area contributed by atoms with Gasteiger partial charge < -0.3 is 15.2 Å². The van der Waals surface area contributed by atoms with Gasteiger partial charge in [0.1, 0.15) is 17.1 Å². The van der Waals surface area contributed by atoms with Crippen molar-refractivity contribution in [1.82, 2.24) is 4.90 Å². The Bertz CT molecular complexity index is 941. The van der Waals surface area contributed by atoms with E-state index in [4.69, 9.17) is 4.74 Å². The molecule has 2 rings (SSSR count). The maximum Gasteiger partial charge on any atom is 0.238 e. The average molecular weight is 463 g/mol. The zero-order valence-corrected chi connectivity index (χ0v) is 20.3. The standard InChI is InChI=1S/C29H38N2O3/c1-7-13-22-23(14-8-2)28-24(15-18-29(34-28,16-9-3)17-10-4)26(27(22)33)30-25(32)21-31(19-11-5)20-12-6/h7-12,33H,1-6,13-21H2,(H,30,32). The van der Waals surface area contributed by atoms with Crippen LogP contribution in [-0.2, 0) is 24.1 Å². The topological polar surface area (TPSA) is 61.8 Å². The van der Waals surface area contributed by atoms with Crippen LogP contribution in [0.2, 0.25) is 0 Å². The Hall–Kier alpha value is -3.31. The monoisotopic (exact) mass is 462 g/mol. The maximum atomic E-state index is 13.0. The van der Waals surface area contributed by atoms with Crippen molar-refractivity contribution in [3.63, 3.8) is 0 Å². The number of hydrogen-bond donors (Lipinski definition) is 2. The first kappa shape index (κ1) is 26.9. The molecule has 2 N–H and O–H groups in total. The predicted octanol–water partition coefficient (Wildman–Crippen LogP) is 5.68. The second-order valence-electron chi connectivity index (χ2n) is 8.56. The van der Waals surface area contributed by atoms with Crippen molar-refractivity contribution in [2.24, 2.45) is 0 Å². The molecule has 0 bridgehead atoms. The van der Waals surface area contributed by atoms with Crippen LogP contribution in [0.3, 0.4) is 0 Å². The van der Waals surface area contributed by atoms with E-state index >= 15 is 0 Å². The van der Waals surface area contributed by atoms with Gasteiger partial charge in [-0.1, -0.05) is 36.5 Å². The van der Waals surface area contributed by atoms with Gasteiger partial charge in [-0.3, -0.25) is 9.69 Å². The highest BCUT2D eigenvalue weighted by molar-refractivity contribution is 5.96. The quantitative estimate of drug-likeness (QED) is 0.260. The molecule has 0 radical (unpaired) electrons. The van der Waals surface area contributed by atoms with E-state index in [0.29, 0.717) is 68.6 Å². The van der Waals surface area contributed by atoms with E-state index < -0.39 is 5.60 Å². The highest BCUT2D eigenvalue weighted by Gasteiger charge is 2.38. The number of phenols is 1. The maximum absolute atomic E-state index is 13.0. The molecule has 0 spiro atoms. The first-order valence-electron chi connectivity index (χ1n) is 11.7. The van der Waals surface area contributed by atoms with Crippen molar-refractivity contribution in [2.45, 2.75) is 44.1 Å². The third kappa shape index (κ3) is 6.17. The van der Waals surface area contributed by atoms with Crippen LogP contribution in [0.15, 0.2) is 75.9 Å². The fraction of sp³-hybridized carbons (Fsp3) is 0.345. The molecule has 5 heteroatoms. The Kier molecular flexibility index (Phi) is 10.1. The summed E-state index contributed by atoms with van der Waals surface area (Å²) in [5, 5.41) is 14.2. The number of rotatable bonds is 15. The zero-order chi connectivity index (χ0) is 25.1. The van der Waals surface area contributed by atoms with Crippen LogP contribution in [0.25, 0.3) is 0 Å². The molecule has 5 nitrogen and oxygen atoms in total. The van der Waals surface area contributed by atoms with Gasteiger partial charge in [-0.25, -0.2) is 0 Å². The summed E-state index contributed by atoms with van der Waals surface area (Å²) < 4.78 is 6.68. The van der Waals surface area contributed by atoms with E-state index in [-0.39, 0.29) is 18.2 Å². The summed E-state index contributed by atoms with van der Waals surface area (Å²) in [7, 11) is 0. The molecule has 1 aliphatic rings. The fourth-order valence-electron chi connectivity index (χ4n) is 4.56. The molecule has 34 heavy (non-hydrogen) atoms. The largest absolute Gasteiger partial charge is 0.505 e. The Morgan fingerprint density at radius 3 is 2.06 bits per heavy atom. The molecule has 0 saturated heterocycles. The van der Waals surface area contributed by atoms with Crippen molar-refractivity contribution < 1.29 is 14.6 Å². The lowest BCUT2D eigenvalue weighted by molar-refractivity contribution is -0.117. The van der Waals surface area contributed by atoms with Crippen molar-refractivity contribution >= 4 is 11.6 Å². The van der Waals surface area contributed by atoms with Crippen molar-refractivity contribution in [3.8, 4) is 11.5 Å². The molecule has 182 valence electrons. The number of hydrogen-bond acceptors (Lipinski definition) is 4. The number of amides is 1. The molecule has 0 fully saturated rings. The Labute approximate surface area is 204 Å². The summed E-state index contributed by atoms with van der Waals surface area (Å²) in [4.78, 5) is 14.9. The number of nitrogens with one attached hydrogen (secondary N) is 1. The summed E-state index contributed by atoms with van der Waals surface area (Å²) in [6, 6.07) is 0. The third-order valence-electron chi connectivity index (χ3n) is 6.02. The van der Waals surface area contributed by atoms with Gasteiger partial charge in [-0.2, -0.15) is 0 Å². The van der Waals surface area contributed by atoms with Crippen molar-refractivity contribution in [2.75, 3.05) is 25.0 Å². The molecular formula is C29H38N2O3. The number of fused-ring (bicyclic) bond motifs is 1. The summed E-state index contributed by atoms with van der Waals surface area (Å²) in [6.07, 6.45) is 14.4. The molecule has 0 unspecified atom stereocenters. The minimum Gasteiger partial charge on any atom is -0.505 e. The lowest BCUT2D eigenvalue weighted by Crippen LogP contribution is -2.40. The summed E-state index contributed by atoms with van der Waals surface area (Å²) in [5.41, 5.74) is 2.32. The highest BCUT2D eigenvalue weighted by atomic mass is 16.5. The van der Waals surface area contributed by atoms with Gasteiger partial charge >= 0.3 is 0 Å². The lowest BCUT2D eigenvalue weighted by Gasteiger charge is -2.40. The summed E-state index contributed by atoms with van der Waals surface area (Å²) in [5.74, 6) is 0.538. The second-order valence-corrected chi connectivity index (χ2v) is 8.56. The van der Waals surface area contributed by atoms with Crippen LogP contribution in [0, 0.1) is 0 Å². The van der Waals surface area contributed by atoms with Crippen molar-refractivity contribution in [3.05, 3.63) is 92.6 Å². The number of ether oxygens (including phenoxy) is 1. The van der Waals surface area contributed by atoms with E-state index in [2.05, 4.69) is 44.8 Å². The number of nitrogens with zero attached hydrogens (tertiary/aromatic N) is 1. The van der Waals surface area contributed by atoms with E-state index in [0.717, 1.165) is 11.1 Å². The van der Waals surface area contributed by atoms with Crippen LogP contribution in [-0.4, -0.2) is 41.1 Å². The normalized spacial score (nSPS) is 13.8. The van der Waals surface area contributed by atoms with E-state index in [1.807, 2.05) is 17.1 Å². The Morgan fingerprint density at radius 2 is 1.53 bits per heavy atom. The number of phenolic OH excluding ortho intramolecular Hbond substituents is 1. The fourth-order valence-corrected chi connectivity index (χ4v) is 4.56. The van der Waals surface area contributed by atoms with Crippen LogP contribution < -0.4 is 10.1 Å². The van der Waals surface area contributed by atoms with Crippen LogP contribution >= 0.6 is 0 Å². The van der Waals surface area contributed by atoms with Gasteiger partial charge in [-0.05, 0) is 25.7 Å². The number of allylic oxidation sites excluding steroid dienone is 2. The van der Waals surface area contributed by atoms with E-state index in [9.17, 15) is 9.90 Å². The Morgan fingerprint density at radius 1 is 0.941 bits per heavy atom. The van der Waals surface area contributed by atoms with Crippen molar-refractivity contribution in [1.29, 1.82) is 0 Å². The predicted molar refractivity (Wildman–Crippen MR) is 143 cm³/mol. The molecule has 1 heterocycles. The molecule has 1 amide bonds. The molecule has 0 atom stereocenters. The number of aromatic hydroxyl groups is 1. The second kappa shape index (κ2) is 12.8. The molecule has 1 aromatic carbocycles. The number of benzene rings is 1. The lowest BCUT2D eigenvalue weighted by atomic mass is 9.82. The summed E-state index contributed by atoms with van der Waals surface area (Å²) >= 11 is 0. The molecule has 0 saturated carbocycles. The first-order valence-corrected chi connectivity index (χ1v) is 11.7. The van der Waals surface area contributed by atoms with Gasteiger partial charge in [0.25, 0.3) is 0 Å². The van der Waals surface area contributed by atoms with Gasteiger partial charge in [-0.15, -0.1) is 39.5 Å². The van der Waals surface area contributed by atoms with Crippen LogP contribution in [0.4, 0.5) is 5.69 Å². The number of carbonyl (C=O) groups excluding carboxylic acids is 1. The Balaban J connectivity index is 2.59. The van der Waals surface area contributed by atoms with Gasteiger partial charge in [0.15, 0.2) is 0 Å². The molecule has 0 aromatic heterocycles. The number of carbonyl (C=O) groups is 1. The first-order chi connectivity index (χ1) is 16.4. The highest BCUT2D eigenvalue weighted by Crippen LogP contribution is 2.49. The minimum atomic E-state index is -0.457. The van der Waals surface area contributed by atoms with Gasteiger partial charge in [0.2, 0.25) is 5.91 Å². The van der Waals surface area contributed by atoms with Crippen LogP contribution in [0.5, 0.6) is 11.5 Å². The van der Waals surface area contributed by atoms with Gasteiger partial charge in [0, 0.05) is 42.6 Å². The molecule has 0 aliphatic carbocycles. The van der Waals surface area contributed by atoms with Gasteiger partial charge in [0.05, 0.1) is 12.2 Å². The molecule has 1 aromatic rings.